The molecular weight excluding hydrogens is 591 g/mol. The highest BCUT2D eigenvalue weighted by Crippen LogP contribution is 2.44. The summed E-state index contributed by atoms with van der Waals surface area (Å²) < 4.78 is 51.2. The number of carbonyl (C=O) groups excluding carboxylic acids is 3. The molecule has 4 aliphatic rings. The van der Waals surface area contributed by atoms with Crippen LogP contribution in [0.15, 0.2) is 4.52 Å². The van der Waals surface area contributed by atoms with Crippen molar-refractivity contribution in [3.63, 3.8) is 0 Å². The van der Waals surface area contributed by atoms with E-state index in [1.54, 1.807) is 11.8 Å². The molecule has 1 spiro atoms. The van der Waals surface area contributed by atoms with Crippen molar-refractivity contribution in [2.75, 3.05) is 45.8 Å². The van der Waals surface area contributed by atoms with Gasteiger partial charge >= 0.3 is 12.3 Å². The lowest BCUT2D eigenvalue weighted by molar-refractivity contribution is -0.156. The first-order valence-corrected chi connectivity index (χ1v) is 16.6. The molecule has 0 aromatic carbocycles. The van der Waals surface area contributed by atoms with Crippen molar-refractivity contribution in [2.45, 2.75) is 109 Å². The molecule has 252 valence electrons. The van der Waals surface area contributed by atoms with Gasteiger partial charge in [0.15, 0.2) is 5.78 Å². The Bertz CT molecular complexity index is 1230. The van der Waals surface area contributed by atoms with Gasteiger partial charge in [-0.15, -0.1) is 0 Å². The molecule has 0 bridgehead atoms. The lowest BCUT2D eigenvalue weighted by atomic mass is 9.73. The van der Waals surface area contributed by atoms with Crippen molar-refractivity contribution in [3.05, 3.63) is 17.0 Å². The summed E-state index contributed by atoms with van der Waals surface area (Å²) in [5, 5.41) is 6.76. The van der Waals surface area contributed by atoms with Crippen LogP contribution in [-0.2, 0) is 15.7 Å². The molecule has 1 aromatic heterocycles. The first-order chi connectivity index (χ1) is 21.3. The Morgan fingerprint density at radius 2 is 1.73 bits per heavy atom. The number of ketones is 1. The number of amides is 2. The van der Waals surface area contributed by atoms with E-state index in [9.17, 15) is 27.6 Å². The van der Waals surface area contributed by atoms with Gasteiger partial charge in [-0.2, -0.15) is 13.2 Å². The largest absolute Gasteiger partial charge is 0.453 e. The Labute approximate surface area is 263 Å². The Balaban J connectivity index is 1.24. The van der Waals surface area contributed by atoms with Crippen LogP contribution in [-0.4, -0.2) is 101 Å². The third kappa shape index (κ3) is 6.75. The van der Waals surface area contributed by atoms with Gasteiger partial charge in [0.1, 0.15) is 11.2 Å². The van der Waals surface area contributed by atoms with Crippen molar-refractivity contribution in [1.82, 2.24) is 25.2 Å². The SMILES string of the molecule is CCCCC1CN(C(C(C)=O)C2CCNCC2)C(=O)OC12CCN(C1(C)CCN(C(=O)c3c(C)noc3C(F)(F)F)CC1)CC2. The number of carbonyl (C=O) groups is 3. The number of nitrogens with one attached hydrogen (secondary N) is 1. The quantitative estimate of drug-likeness (QED) is 0.422. The minimum Gasteiger partial charge on any atom is -0.442 e. The summed E-state index contributed by atoms with van der Waals surface area (Å²) >= 11 is 0. The summed E-state index contributed by atoms with van der Waals surface area (Å²) in [5.74, 6) is -1.77. The van der Waals surface area contributed by atoms with E-state index >= 15 is 0 Å². The summed E-state index contributed by atoms with van der Waals surface area (Å²) in [6.07, 6.45) is 2.11. The van der Waals surface area contributed by atoms with Gasteiger partial charge in [-0.3, -0.25) is 19.4 Å². The first-order valence-electron chi connectivity index (χ1n) is 16.6. The maximum absolute atomic E-state index is 13.6. The van der Waals surface area contributed by atoms with Crippen LogP contribution in [0.4, 0.5) is 18.0 Å². The minimum atomic E-state index is -4.80. The third-order valence-corrected chi connectivity index (χ3v) is 11.0. The molecule has 2 unspecified atom stereocenters. The molecule has 10 nitrogen and oxygen atoms in total. The number of aromatic nitrogens is 1. The molecule has 0 aliphatic carbocycles. The van der Waals surface area contributed by atoms with Crippen LogP contribution in [0.5, 0.6) is 0 Å². The van der Waals surface area contributed by atoms with Crippen molar-refractivity contribution in [3.8, 4) is 0 Å². The molecule has 0 saturated carbocycles. The van der Waals surface area contributed by atoms with E-state index in [4.69, 9.17) is 4.74 Å². The van der Waals surface area contributed by atoms with Gasteiger partial charge in [-0.1, -0.05) is 24.9 Å². The molecule has 4 fully saturated rings. The molecule has 45 heavy (non-hydrogen) atoms. The van der Waals surface area contributed by atoms with Crippen LogP contribution in [0.25, 0.3) is 0 Å². The van der Waals surface area contributed by atoms with Gasteiger partial charge in [0.25, 0.3) is 11.7 Å². The predicted octanol–water partition coefficient (Wildman–Crippen LogP) is 5.05. The van der Waals surface area contributed by atoms with Crippen LogP contribution in [0, 0.1) is 18.8 Å². The number of halogens is 3. The summed E-state index contributed by atoms with van der Waals surface area (Å²) in [6, 6.07) is -0.457. The molecule has 1 aromatic rings. The van der Waals surface area contributed by atoms with Crippen LogP contribution in [0.1, 0.15) is 100 Å². The van der Waals surface area contributed by atoms with Crippen molar-refractivity contribution in [2.24, 2.45) is 11.8 Å². The van der Waals surface area contributed by atoms with Gasteiger partial charge in [-0.25, -0.2) is 4.79 Å². The number of nitrogens with zero attached hydrogens (tertiary/aromatic N) is 4. The summed E-state index contributed by atoms with van der Waals surface area (Å²) in [5.41, 5.74) is -1.40. The highest BCUT2D eigenvalue weighted by Gasteiger charge is 2.54. The summed E-state index contributed by atoms with van der Waals surface area (Å²) in [6.45, 7) is 11.5. The monoisotopic (exact) mass is 639 g/mol. The normalized spacial score (nSPS) is 25.3. The van der Waals surface area contributed by atoms with E-state index in [1.807, 2.05) is 0 Å². The maximum atomic E-state index is 13.6. The van der Waals surface area contributed by atoms with E-state index in [0.717, 1.165) is 45.2 Å². The fourth-order valence-corrected chi connectivity index (χ4v) is 8.21. The molecule has 4 aliphatic heterocycles. The standard InChI is InChI=1S/C32H48F3N5O5/c1-5-6-7-24-20-40(26(22(3)41)23-8-14-36-15-9-23)29(43)44-31(24)12-18-39(19-13-31)30(4)10-16-38(17-11-30)28(42)25-21(2)37-45-27(25)32(33,34)35/h23-24,26,36H,5-20H2,1-4H3. The second kappa shape index (κ2) is 13.2. The number of piperidine rings is 3. The number of rotatable bonds is 8. The molecule has 13 heteroatoms. The average molecular weight is 640 g/mol. The number of ether oxygens (including phenoxy) is 1. The topological polar surface area (TPSA) is 108 Å². The maximum Gasteiger partial charge on any atom is 0.453 e. The van der Waals surface area contributed by atoms with Gasteiger partial charge < -0.3 is 19.5 Å². The zero-order valence-corrected chi connectivity index (χ0v) is 27.0. The van der Waals surface area contributed by atoms with E-state index in [2.05, 4.69) is 33.7 Å². The van der Waals surface area contributed by atoms with Gasteiger partial charge in [0, 0.05) is 57.0 Å². The van der Waals surface area contributed by atoms with Crippen molar-refractivity contribution >= 4 is 17.8 Å². The molecule has 5 heterocycles. The number of alkyl halides is 3. The molecule has 2 atom stereocenters. The smallest absolute Gasteiger partial charge is 0.442 e. The predicted molar refractivity (Wildman–Crippen MR) is 160 cm³/mol. The fraction of sp³-hybridized carbons (Fsp3) is 0.812. The molecule has 1 N–H and O–H groups in total. The Kier molecular flexibility index (Phi) is 9.89. The average Bonchev–Trinajstić information content (AvgIpc) is 3.40. The van der Waals surface area contributed by atoms with Gasteiger partial charge in [-0.05, 0) is 71.9 Å². The van der Waals surface area contributed by atoms with Gasteiger partial charge in [0.2, 0.25) is 0 Å². The summed E-state index contributed by atoms with van der Waals surface area (Å²) in [4.78, 5) is 45.3. The minimum absolute atomic E-state index is 0.0189. The van der Waals surface area contributed by atoms with E-state index in [-0.39, 0.29) is 34.9 Å². The highest BCUT2D eigenvalue weighted by molar-refractivity contribution is 5.96. The van der Waals surface area contributed by atoms with Crippen LogP contribution >= 0.6 is 0 Å². The van der Waals surface area contributed by atoms with Crippen LogP contribution in [0.2, 0.25) is 0 Å². The molecule has 4 saturated heterocycles. The van der Waals surface area contributed by atoms with Crippen molar-refractivity contribution < 1.29 is 36.8 Å². The lowest BCUT2D eigenvalue weighted by Gasteiger charge is -2.55. The van der Waals surface area contributed by atoms with E-state index in [1.165, 1.54) is 11.8 Å². The van der Waals surface area contributed by atoms with Crippen LogP contribution in [0.3, 0.4) is 0 Å². The van der Waals surface area contributed by atoms with Crippen LogP contribution < -0.4 is 5.32 Å². The number of Topliss-reactive ketones (excluding diaryl/α,β-unsaturated/α-hetero) is 1. The number of likely N-dealkylation sites (tertiary alicyclic amines) is 2. The molecule has 5 rings (SSSR count). The molecular formula is C32H48F3N5O5. The Hall–Kier alpha value is -2.67. The number of aryl methyl sites for hydroxylation is 1. The first kappa shape index (κ1) is 33.7. The zero-order chi connectivity index (χ0) is 32.6. The van der Waals surface area contributed by atoms with Crippen molar-refractivity contribution in [1.29, 1.82) is 0 Å². The third-order valence-electron chi connectivity index (χ3n) is 11.0. The lowest BCUT2D eigenvalue weighted by Crippen LogP contribution is -2.65. The van der Waals surface area contributed by atoms with E-state index in [0.29, 0.717) is 58.4 Å². The Morgan fingerprint density at radius 1 is 1.09 bits per heavy atom. The number of unbranched alkanes of at least 4 members (excludes halogenated alkanes) is 1. The molecule has 0 radical (unpaired) electrons. The highest BCUT2D eigenvalue weighted by atomic mass is 19.4. The Morgan fingerprint density at radius 3 is 2.31 bits per heavy atom. The number of hydrogen-bond acceptors (Lipinski definition) is 8. The van der Waals surface area contributed by atoms with Gasteiger partial charge in [0.05, 0.1) is 11.7 Å². The second-order valence-corrected chi connectivity index (χ2v) is 13.8. The zero-order valence-electron chi connectivity index (χ0n) is 27.0. The number of hydrogen-bond donors (Lipinski definition) is 1. The molecule has 2 amide bonds. The summed E-state index contributed by atoms with van der Waals surface area (Å²) in [7, 11) is 0. The van der Waals surface area contributed by atoms with E-state index < -0.39 is 35.1 Å². The fourth-order valence-electron chi connectivity index (χ4n) is 8.21. The second-order valence-electron chi connectivity index (χ2n) is 13.8.